The number of pyridine rings is 1. The largest absolute Gasteiger partial charge is 0.363 e. The van der Waals surface area contributed by atoms with E-state index in [1.807, 2.05) is 56.6 Å². The van der Waals surface area contributed by atoms with E-state index in [9.17, 15) is 4.79 Å². The molecule has 6 nitrogen and oxygen atoms in total. The van der Waals surface area contributed by atoms with Crippen molar-refractivity contribution in [3.63, 3.8) is 0 Å². The molecule has 0 spiro atoms. The van der Waals surface area contributed by atoms with Crippen LogP contribution in [-0.4, -0.2) is 41.3 Å². The Labute approximate surface area is 131 Å². The summed E-state index contributed by atoms with van der Waals surface area (Å²) in [5.41, 5.74) is 2.64. The first kappa shape index (κ1) is 16.0. The Morgan fingerprint density at radius 1 is 1.36 bits per heavy atom. The number of nitrogens with zero attached hydrogens (tertiary/aromatic N) is 4. The van der Waals surface area contributed by atoms with Gasteiger partial charge in [-0.1, -0.05) is 0 Å². The number of hydrogen-bond donors (Lipinski definition) is 1. The van der Waals surface area contributed by atoms with Gasteiger partial charge in [-0.3, -0.25) is 9.48 Å². The summed E-state index contributed by atoms with van der Waals surface area (Å²) in [6.45, 7) is 6.54. The first-order valence-electron chi connectivity index (χ1n) is 7.33. The predicted molar refractivity (Wildman–Crippen MR) is 87.3 cm³/mol. The summed E-state index contributed by atoms with van der Waals surface area (Å²) in [7, 11) is 3.83. The van der Waals surface area contributed by atoms with E-state index in [1.165, 1.54) is 0 Å². The molecule has 0 aliphatic heterocycles. The van der Waals surface area contributed by atoms with Gasteiger partial charge in [0.2, 0.25) is 0 Å². The third kappa shape index (κ3) is 3.63. The SMILES string of the molecule is Cc1cc(C)n([C@@H](C)CNC(=O)c2ccc(N(C)C)nc2)n1. The van der Waals surface area contributed by atoms with Crippen LogP contribution in [0.15, 0.2) is 24.4 Å². The van der Waals surface area contributed by atoms with Crippen LogP contribution in [0.4, 0.5) is 5.82 Å². The van der Waals surface area contributed by atoms with E-state index in [0.717, 1.165) is 17.2 Å². The third-order valence-corrected chi connectivity index (χ3v) is 3.49. The van der Waals surface area contributed by atoms with Crippen molar-refractivity contribution in [2.75, 3.05) is 25.5 Å². The molecule has 2 aromatic rings. The molecule has 2 rings (SSSR count). The molecule has 1 amide bonds. The van der Waals surface area contributed by atoms with Crippen molar-refractivity contribution >= 4 is 11.7 Å². The summed E-state index contributed by atoms with van der Waals surface area (Å²) < 4.78 is 1.93. The summed E-state index contributed by atoms with van der Waals surface area (Å²) in [6, 6.07) is 5.75. The molecule has 0 fully saturated rings. The fourth-order valence-electron chi connectivity index (χ4n) is 2.31. The molecule has 0 radical (unpaired) electrons. The van der Waals surface area contributed by atoms with E-state index in [2.05, 4.69) is 15.4 Å². The molecule has 1 atom stereocenters. The van der Waals surface area contributed by atoms with E-state index >= 15 is 0 Å². The van der Waals surface area contributed by atoms with Crippen LogP contribution in [0.1, 0.15) is 34.7 Å². The molecule has 2 aromatic heterocycles. The second-order valence-corrected chi connectivity index (χ2v) is 5.73. The van der Waals surface area contributed by atoms with E-state index in [1.54, 1.807) is 12.3 Å². The second kappa shape index (κ2) is 6.60. The van der Waals surface area contributed by atoms with Crippen molar-refractivity contribution in [3.8, 4) is 0 Å². The van der Waals surface area contributed by atoms with Crippen LogP contribution < -0.4 is 10.2 Å². The smallest absolute Gasteiger partial charge is 0.252 e. The van der Waals surface area contributed by atoms with Gasteiger partial charge in [0.1, 0.15) is 5.82 Å². The number of aromatic nitrogens is 3. The van der Waals surface area contributed by atoms with Crippen LogP contribution in [-0.2, 0) is 0 Å². The quantitative estimate of drug-likeness (QED) is 0.917. The molecule has 1 N–H and O–H groups in total. The van der Waals surface area contributed by atoms with Gasteiger partial charge in [0.25, 0.3) is 5.91 Å². The Kier molecular flexibility index (Phi) is 4.80. The van der Waals surface area contributed by atoms with E-state index in [4.69, 9.17) is 0 Å². The van der Waals surface area contributed by atoms with Gasteiger partial charge in [-0.15, -0.1) is 0 Å². The maximum atomic E-state index is 12.2. The van der Waals surface area contributed by atoms with Gasteiger partial charge in [-0.2, -0.15) is 5.10 Å². The van der Waals surface area contributed by atoms with Crippen molar-refractivity contribution in [2.45, 2.75) is 26.8 Å². The topological polar surface area (TPSA) is 63.1 Å². The van der Waals surface area contributed by atoms with Crippen LogP contribution in [0.25, 0.3) is 0 Å². The number of carbonyl (C=O) groups excluding carboxylic acids is 1. The van der Waals surface area contributed by atoms with Crippen molar-refractivity contribution in [2.24, 2.45) is 0 Å². The minimum atomic E-state index is -0.119. The van der Waals surface area contributed by atoms with Crippen LogP contribution in [0.5, 0.6) is 0 Å². The van der Waals surface area contributed by atoms with E-state index in [-0.39, 0.29) is 11.9 Å². The molecule has 22 heavy (non-hydrogen) atoms. The maximum absolute atomic E-state index is 12.2. The van der Waals surface area contributed by atoms with E-state index in [0.29, 0.717) is 12.1 Å². The lowest BCUT2D eigenvalue weighted by atomic mass is 10.2. The zero-order valence-electron chi connectivity index (χ0n) is 13.8. The van der Waals surface area contributed by atoms with Crippen LogP contribution >= 0.6 is 0 Å². The summed E-state index contributed by atoms with van der Waals surface area (Å²) in [4.78, 5) is 18.3. The zero-order valence-corrected chi connectivity index (χ0v) is 13.8. The Hall–Kier alpha value is -2.37. The van der Waals surface area contributed by atoms with Crippen molar-refractivity contribution in [1.82, 2.24) is 20.1 Å². The number of nitrogens with one attached hydrogen (secondary N) is 1. The Balaban J connectivity index is 1.96. The van der Waals surface area contributed by atoms with Crippen LogP contribution in [0.3, 0.4) is 0 Å². The summed E-state index contributed by atoms with van der Waals surface area (Å²) >= 11 is 0. The molecular weight excluding hydrogens is 278 g/mol. The average molecular weight is 301 g/mol. The summed E-state index contributed by atoms with van der Waals surface area (Å²) in [5.74, 6) is 0.707. The molecular formula is C16H23N5O. The second-order valence-electron chi connectivity index (χ2n) is 5.73. The molecule has 0 aliphatic carbocycles. The zero-order chi connectivity index (χ0) is 16.3. The van der Waals surface area contributed by atoms with Gasteiger partial charge in [-0.05, 0) is 39.0 Å². The molecule has 0 saturated carbocycles. The highest BCUT2D eigenvalue weighted by Gasteiger charge is 2.12. The summed E-state index contributed by atoms with van der Waals surface area (Å²) in [5, 5.41) is 7.37. The fourth-order valence-corrected chi connectivity index (χ4v) is 2.31. The molecule has 0 bridgehead atoms. The third-order valence-electron chi connectivity index (χ3n) is 3.49. The molecule has 0 aliphatic rings. The Bertz CT molecular complexity index is 645. The lowest BCUT2D eigenvalue weighted by Gasteiger charge is -2.15. The van der Waals surface area contributed by atoms with Crippen molar-refractivity contribution in [1.29, 1.82) is 0 Å². The highest BCUT2D eigenvalue weighted by molar-refractivity contribution is 5.94. The first-order chi connectivity index (χ1) is 10.4. The van der Waals surface area contributed by atoms with Gasteiger partial charge in [0.05, 0.1) is 17.3 Å². The fraction of sp³-hybridized carbons (Fsp3) is 0.438. The first-order valence-corrected chi connectivity index (χ1v) is 7.33. The number of anilines is 1. The lowest BCUT2D eigenvalue weighted by Crippen LogP contribution is -2.30. The van der Waals surface area contributed by atoms with Crippen molar-refractivity contribution < 1.29 is 4.79 Å². The Morgan fingerprint density at radius 2 is 2.09 bits per heavy atom. The average Bonchev–Trinajstić information content (AvgIpc) is 2.83. The highest BCUT2D eigenvalue weighted by atomic mass is 16.1. The molecule has 0 aromatic carbocycles. The van der Waals surface area contributed by atoms with Crippen molar-refractivity contribution in [3.05, 3.63) is 41.3 Å². The van der Waals surface area contributed by atoms with Gasteiger partial charge in [0.15, 0.2) is 0 Å². The Morgan fingerprint density at radius 3 is 2.59 bits per heavy atom. The number of hydrogen-bond acceptors (Lipinski definition) is 4. The number of carbonyl (C=O) groups is 1. The van der Waals surface area contributed by atoms with Gasteiger partial charge < -0.3 is 10.2 Å². The van der Waals surface area contributed by atoms with E-state index < -0.39 is 0 Å². The molecule has 2 heterocycles. The molecule has 6 heteroatoms. The predicted octanol–water partition coefficient (Wildman–Crippen LogP) is 1.95. The molecule has 118 valence electrons. The number of amides is 1. The van der Waals surface area contributed by atoms with Gasteiger partial charge >= 0.3 is 0 Å². The molecule has 0 saturated heterocycles. The van der Waals surface area contributed by atoms with Crippen LogP contribution in [0.2, 0.25) is 0 Å². The maximum Gasteiger partial charge on any atom is 0.252 e. The summed E-state index contributed by atoms with van der Waals surface area (Å²) in [6.07, 6.45) is 1.60. The minimum absolute atomic E-state index is 0.103. The number of aryl methyl sites for hydroxylation is 2. The molecule has 0 unspecified atom stereocenters. The number of rotatable bonds is 5. The minimum Gasteiger partial charge on any atom is -0.363 e. The normalized spacial score (nSPS) is 12.0. The van der Waals surface area contributed by atoms with Gasteiger partial charge in [0, 0.05) is 32.5 Å². The monoisotopic (exact) mass is 301 g/mol. The van der Waals surface area contributed by atoms with Crippen LogP contribution in [0, 0.1) is 13.8 Å². The lowest BCUT2D eigenvalue weighted by molar-refractivity contribution is 0.0947. The van der Waals surface area contributed by atoms with Gasteiger partial charge in [-0.25, -0.2) is 4.98 Å². The highest BCUT2D eigenvalue weighted by Crippen LogP contribution is 2.11. The standard InChI is InChI=1S/C16H23N5O/c1-11-8-12(2)21(19-11)13(3)9-18-16(22)14-6-7-15(17-10-14)20(4)5/h6-8,10,13H,9H2,1-5H3,(H,18,22)/t13-/m0/s1.